The molecule has 0 aliphatic carbocycles. The molecule has 146 valence electrons. The molecule has 4 rings (SSSR count). The first-order chi connectivity index (χ1) is 13.7. The van der Waals surface area contributed by atoms with Gasteiger partial charge in [0.25, 0.3) is 5.91 Å². The van der Waals surface area contributed by atoms with E-state index in [0.717, 1.165) is 35.9 Å². The zero-order chi connectivity index (χ0) is 19.3. The highest BCUT2D eigenvalue weighted by Gasteiger charge is 2.25. The van der Waals surface area contributed by atoms with E-state index < -0.39 is 6.04 Å². The van der Waals surface area contributed by atoms with Gasteiger partial charge in [0.2, 0.25) is 5.91 Å². The van der Waals surface area contributed by atoms with Crippen molar-refractivity contribution in [1.29, 1.82) is 0 Å². The number of ether oxygens (including phenoxy) is 1. The number of aromatic nitrogens is 1. The first-order valence-electron chi connectivity index (χ1n) is 9.49. The van der Waals surface area contributed by atoms with Crippen LogP contribution in [0.2, 0.25) is 0 Å². The number of carbonyl (C=O) groups excluding carboxylic acids is 2. The minimum absolute atomic E-state index is 0.0608. The molecule has 1 aromatic carbocycles. The highest BCUT2D eigenvalue weighted by molar-refractivity contribution is 7.12. The second kappa shape index (κ2) is 8.58. The number of amides is 2. The van der Waals surface area contributed by atoms with Crippen LogP contribution in [-0.2, 0) is 16.0 Å². The number of fused-ring (bicyclic) bond motifs is 1. The number of hydrogen-bond donors (Lipinski definition) is 3. The van der Waals surface area contributed by atoms with Gasteiger partial charge >= 0.3 is 0 Å². The summed E-state index contributed by atoms with van der Waals surface area (Å²) in [6.45, 7) is 1.21. The molecule has 3 aromatic rings. The van der Waals surface area contributed by atoms with Crippen LogP contribution in [0.5, 0.6) is 0 Å². The molecule has 2 unspecified atom stereocenters. The van der Waals surface area contributed by atoms with Gasteiger partial charge in [0.15, 0.2) is 0 Å². The van der Waals surface area contributed by atoms with Gasteiger partial charge in [-0.05, 0) is 35.9 Å². The fraction of sp³-hybridized carbons (Fsp3) is 0.333. The van der Waals surface area contributed by atoms with E-state index in [1.54, 1.807) is 6.07 Å². The molecule has 2 aromatic heterocycles. The fourth-order valence-electron chi connectivity index (χ4n) is 3.51. The maximum absolute atomic E-state index is 12.9. The zero-order valence-corrected chi connectivity index (χ0v) is 16.3. The molecule has 28 heavy (non-hydrogen) atoms. The van der Waals surface area contributed by atoms with Crippen molar-refractivity contribution in [2.24, 2.45) is 0 Å². The molecule has 7 heteroatoms. The van der Waals surface area contributed by atoms with Crippen LogP contribution in [0, 0.1) is 0 Å². The Hall–Kier alpha value is -2.64. The summed E-state index contributed by atoms with van der Waals surface area (Å²) in [4.78, 5) is 29.3. The van der Waals surface area contributed by atoms with Crippen LogP contribution in [-0.4, -0.2) is 42.1 Å². The molecule has 0 saturated carbocycles. The minimum Gasteiger partial charge on any atom is -0.376 e. The van der Waals surface area contributed by atoms with Gasteiger partial charge in [-0.25, -0.2) is 0 Å². The summed E-state index contributed by atoms with van der Waals surface area (Å²) in [5, 5.41) is 8.76. The fourth-order valence-corrected chi connectivity index (χ4v) is 4.14. The Bertz CT molecular complexity index is 945. The third-order valence-electron chi connectivity index (χ3n) is 4.99. The van der Waals surface area contributed by atoms with Crippen LogP contribution in [0.4, 0.5) is 0 Å². The molecule has 2 amide bonds. The Morgan fingerprint density at radius 3 is 2.93 bits per heavy atom. The van der Waals surface area contributed by atoms with Gasteiger partial charge in [-0.15, -0.1) is 11.3 Å². The van der Waals surface area contributed by atoms with Gasteiger partial charge in [0.05, 0.1) is 11.0 Å². The Morgan fingerprint density at radius 1 is 1.25 bits per heavy atom. The molecule has 0 radical (unpaired) electrons. The lowest BCUT2D eigenvalue weighted by atomic mass is 10.0. The Balaban J connectivity index is 1.49. The number of hydrogen-bond acceptors (Lipinski definition) is 4. The summed E-state index contributed by atoms with van der Waals surface area (Å²) in [5.74, 6) is -0.419. The third-order valence-corrected chi connectivity index (χ3v) is 5.86. The molecule has 2 atom stereocenters. The second-order valence-corrected chi connectivity index (χ2v) is 7.89. The van der Waals surface area contributed by atoms with Gasteiger partial charge in [-0.2, -0.15) is 0 Å². The lowest BCUT2D eigenvalue weighted by Crippen LogP contribution is -2.49. The van der Waals surface area contributed by atoms with Crippen molar-refractivity contribution < 1.29 is 14.3 Å². The largest absolute Gasteiger partial charge is 0.376 e. The number of aromatic amines is 1. The standard InChI is InChI=1S/C21H23N3O3S/c25-20(23-13-15-5-3-9-27-15)18(24-21(26)19-8-4-10-28-19)11-14-12-22-17-7-2-1-6-16(14)17/h1-2,4,6-8,10,12,15,18,22H,3,5,9,11,13H2,(H,23,25)(H,24,26). The maximum Gasteiger partial charge on any atom is 0.262 e. The molecule has 3 N–H and O–H groups in total. The van der Waals surface area contributed by atoms with Crippen LogP contribution in [0.15, 0.2) is 48.0 Å². The number of nitrogens with one attached hydrogen (secondary N) is 3. The first kappa shape index (κ1) is 18.7. The molecular weight excluding hydrogens is 374 g/mol. The number of carbonyl (C=O) groups is 2. The summed E-state index contributed by atoms with van der Waals surface area (Å²) in [5.41, 5.74) is 2.01. The number of thiophene rings is 1. The smallest absolute Gasteiger partial charge is 0.262 e. The Kier molecular flexibility index (Phi) is 5.73. The molecular formula is C21H23N3O3S. The van der Waals surface area contributed by atoms with Crippen molar-refractivity contribution in [1.82, 2.24) is 15.6 Å². The van der Waals surface area contributed by atoms with Gasteiger partial charge in [-0.3, -0.25) is 9.59 Å². The van der Waals surface area contributed by atoms with E-state index >= 15 is 0 Å². The quantitative estimate of drug-likeness (QED) is 0.573. The third kappa shape index (κ3) is 4.26. The van der Waals surface area contributed by atoms with E-state index in [9.17, 15) is 9.59 Å². The van der Waals surface area contributed by atoms with Crippen molar-refractivity contribution in [3.05, 3.63) is 58.4 Å². The highest BCUT2D eigenvalue weighted by atomic mass is 32.1. The lowest BCUT2D eigenvalue weighted by molar-refractivity contribution is -0.123. The average molecular weight is 398 g/mol. The normalized spacial score (nSPS) is 17.5. The minimum atomic E-state index is -0.657. The molecule has 0 spiro atoms. The number of para-hydroxylation sites is 1. The molecule has 1 fully saturated rings. The summed E-state index contributed by atoms with van der Waals surface area (Å²) >= 11 is 1.36. The average Bonchev–Trinajstić information content (AvgIpc) is 3.47. The van der Waals surface area contributed by atoms with Crippen molar-refractivity contribution >= 4 is 34.1 Å². The Labute approximate surface area is 167 Å². The molecule has 6 nitrogen and oxygen atoms in total. The molecule has 1 saturated heterocycles. The maximum atomic E-state index is 12.9. The number of rotatable bonds is 7. The number of benzene rings is 1. The van der Waals surface area contributed by atoms with Crippen LogP contribution < -0.4 is 10.6 Å². The summed E-state index contributed by atoms with van der Waals surface area (Å²) in [6, 6.07) is 10.9. The van der Waals surface area contributed by atoms with Crippen LogP contribution >= 0.6 is 11.3 Å². The molecule has 1 aliphatic rings. The van der Waals surface area contributed by atoms with E-state index in [1.807, 2.05) is 41.9 Å². The predicted octanol–water partition coefficient (Wildman–Crippen LogP) is 2.87. The van der Waals surface area contributed by atoms with E-state index in [1.165, 1.54) is 11.3 Å². The van der Waals surface area contributed by atoms with E-state index in [-0.39, 0.29) is 17.9 Å². The molecule has 0 bridgehead atoms. The van der Waals surface area contributed by atoms with Gasteiger partial charge < -0.3 is 20.4 Å². The summed E-state index contributed by atoms with van der Waals surface area (Å²) in [6.07, 6.45) is 4.36. The summed E-state index contributed by atoms with van der Waals surface area (Å²) < 4.78 is 5.58. The van der Waals surface area contributed by atoms with Crippen LogP contribution in [0.1, 0.15) is 28.1 Å². The van der Waals surface area contributed by atoms with Gasteiger partial charge in [-0.1, -0.05) is 24.3 Å². The van der Waals surface area contributed by atoms with E-state index in [2.05, 4.69) is 15.6 Å². The van der Waals surface area contributed by atoms with Crippen molar-refractivity contribution in [2.45, 2.75) is 31.4 Å². The predicted molar refractivity (Wildman–Crippen MR) is 110 cm³/mol. The monoisotopic (exact) mass is 397 g/mol. The molecule has 1 aliphatic heterocycles. The topological polar surface area (TPSA) is 83.2 Å². The highest BCUT2D eigenvalue weighted by Crippen LogP contribution is 2.20. The van der Waals surface area contributed by atoms with Crippen LogP contribution in [0.25, 0.3) is 10.9 Å². The van der Waals surface area contributed by atoms with Crippen molar-refractivity contribution in [2.75, 3.05) is 13.2 Å². The van der Waals surface area contributed by atoms with Crippen LogP contribution in [0.3, 0.4) is 0 Å². The second-order valence-electron chi connectivity index (χ2n) is 6.95. The van der Waals surface area contributed by atoms with E-state index in [0.29, 0.717) is 17.8 Å². The number of H-pyrrole nitrogens is 1. The zero-order valence-electron chi connectivity index (χ0n) is 15.4. The molecule has 3 heterocycles. The lowest BCUT2D eigenvalue weighted by Gasteiger charge is -2.19. The first-order valence-corrected chi connectivity index (χ1v) is 10.4. The SMILES string of the molecule is O=C(NC(Cc1c[nH]c2ccccc12)C(=O)NCC1CCCO1)c1cccs1. The van der Waals surface area contributed by atoms with Crippen molar-refractivity contribution in [3.8, 4) is 0 Å². The van der Waals surface area contributed by atoms with Gasteiger partial charge in [0, 0.05) is 36.7 Å². The van der Waals surface area contributed by atoms with Crippen molar-refractivity contribution in [3.63, 3.8) is 0 Å². The Morgan fingerprint density at radius 2 is 2.14 bits per heavy atom. The van der Waals surface area contributed by atoms with Gasteiger partial charge in [0.1, 0.15) is 6.04 Å². The van der Waals surface area contributed by atoms with E-state index in [4.69, 9.17) is 4.74 Å². The summed E-state index contributed by atoms with van der Waals surface area (Å²) in [7, 11) is 0.